The fourth-order valence-electron chi connectivity index (χ4n) is 3.77. The van der Waals surface area contributed by atoms with Gasteiger partial charge in [0.05, 0.1) is 19.6 Å². The first kappa shape index (κ1) is 16.7. The molecule has 0 spiro atoms. The molecule has 2 aliphatic rings. The van der Waals surface area contributed by atoms with Gasteiger partial charge in [-0.05, 0) is 49.8 Å². The lowest BCUT2D eigenvalue weighted by atomic mass is 9.80. The Balaban J connectivity index is 1.97. The predicted octanol–water partition coefficient (Wildman–Crippen LogP) is 3.75. The SMILES string of the molecule is COc1cc2c(c(OC)c1)C(=CCC1(C)C(=O)CCC1=O)CCC2. The standard InChI is InChI=1S/C20H24O4/c1-20(17(21)7-8-18(20)22)10-9-13-5-4-6-14-11-15(23-2)12-16(24-3)19(13)14/h9,11-12H,4-8,10H2,1-3H3. The van der Waals surface area contributed by atoms with Crippen LogP contribution in [0.4, 0.5) is 0 Å². The molecule has 0 bridgehead atoms. The predicted molar refractivity (Wildman–Crippen MR) is 92.4 cm³/mol. The molecule has 0 atom stereocenters. The average molecular weight is 328 g/mol. The third-order valence-corrected chi connectivity index (χ3v) is 5.39. The molecule has 24 heavy (non-hydrogen) atoms. The Labute approximate surface area is 142 Å². The Morgan fingerprint density at radius 1 is 1.04 bits per heavy atom. The van der Waals surface area contributed by atoms with E-state index in [4.69, 9.17) is 9.47 Å². The molecule has 0 saturated heterocycles. The van der Waals surface area contributed by atoms with Gasteiger partial charge in [-0.25, -0.2) is 0 Å². The van der Waals surface area contributed by atoms with E-state index in [1.165, 1.54) is 11.1 Å². The zero-order chi connectivity index (χ0) is 17.3. The quantitative estimate of drug-likeness (QED) is 0.790. The number of fused-ring (bicyclic) bond motifs is 1. The number of allylic oxidation sites excluding steroid dienone is 2. The van der Waals surface area contributed by atoms with E-state index in [-0.39, 0.29) is 11.6 Å². The average Bonchev–Trinajstić information content (AvgIpc) is 2.86. The lowest BCUT2D eigenvalue weighted by Gasteiger charge is -2.24. The second kappa shape index (κ2) is 6.42. The first-order valence-electron chi connectivity index (χ1n) is 8.50. The van der Waals surface area contributed by atoms with Crippen molar-refractivity contribution in [3.05, 3.63) is 29.3 Å². The summed E-state index contributed by atoms with van der Waals surface area (Å²) in [6, 6.07) is 3.95. The molecule has 0 radical (unpaired) electrons. The van der Waals surface area contributed by atoms with Crippen LogP contribution < -0.4 is 9.47 Å². The largest absolute Gasteiger partial charge is 0.497 e. The lowest BCUT2D eigenvalue weighted by molar-refractivity contribution is -0.133. The first-order valence-corrected chi connectivity index (χ1v) is 8.50. The van der Waals surface area contributed by atoms with Crippen molar-refractivity contribution >= 4 is 17.1 Å². The molecule has 1 saturated carbocycles. The molecule has 2 aliphatic carbocycles. The molecular weight excluding hydrogens is 304 g/mol. The Kier molecular flexibility index (Phi) is 4.48. The van der Waals surface area contributed by atoms with Crippen molar-refractivity contribution < 1.29 is 19.1 Å². The lowest BCUT2D eigenvalue weighted by Crippen LogP contribution is -2.28. The molecule has 0 heterocycles. The number of methoxy groups -OCH3 is 2. The van der Waals surface area contributed by atoms with Gasteiger partial charge in [0.2, 0.25) is 0 Å². The molecule has 1 aromatic carbocycles. The number of hydrogen-bond donors (Lipinski definition) is 0. The number of Topliss-reactive ketones (excluding diaryl/α,β-unsaturated/α-hetero) is 2. The Hall–Kier alpha value is -2.10. The molecule has 4 nitrogen and oxygen atoms in total. The molecule has 0 unspecified atom stereocenters. The van der Waals surface area contributed by atoms with E-state index in [9.17, 15) is 9.59 Å². The monoisotopic (exact) mass is 328 g/mol. The smallest absolute Gasteiger partial charge is 0.146 e. The molecule has 1 fully saturated rings. The molecular formula is C20H24O4. The minimum absolute atomic E-state index is 0.0714. The van der Waals surface area contributed by atoms with Gasteiger partial charge in [0.25, 0.3) is 0 Å². The van der Waals surface area contributed by atoms with Gasteiger partial charge in [-0.15, -0.1) is 0 Å². The number of rotatable bonds is 4. The van der Waals surface area contributed by atoms with E-state index in [1.807, 2.05) is 6.07 Å². The molecule has 1 aromatic rings. The normalized spacial score (nSPS) is 21.0. The summed E-state index contributed by atoms with van der Waals surface area (Å²) >= 11 is 0. The fourth-order valence-corrected chi connectivity index (χ4v) is 3.77. The molecule has 128 valence electrons. The van der Waals surface area contributed by atoms with Crippen LogP contribution in [0.1, 0.15) is 50.2 Å². The second-order valence-electron chi connectivity index (χ2n) is 6.83. The fraction of sp³-hybridized carbons (Fsp3) is 0.500. The van der Waals surface area contributed by atoms with Crippen molar-refractivity contribution in [3.63, 3.8) is 0 Å². The van der Waals surface area contributed by atoms with E-state index in [0.717, 1.165) is 36.3 Å². The molecule has 0 amide bonds. The summed E-state index contributed by atoms with van der Waals surface area (Å²) < 4.78 is 10.9. The van der Waals surface area contributed by atoms with Crippen molar-refractivity contribution in [1.29, 1.82) is 0 Å². The van der Waals surface area contributed by atoms with Crippen molar-refractivity contribution in [2.75, 3.05) is 14.2 Å². The molecule has 0 aromatic heterocycles. The molecule has 0 aliphatic heterocycles. The van der Waals surface area contributed by atoms with Gasteiger partial charge in [-0.1, -0.05) is 6.08 Å². The van der Waals surface area contributed by atoms with Gasteiger partial charge in [0.15, 0.2) is 0 Å². The van der Waals surface area contributed by atoms with Crippen LogP contribution in [0.3, 0.4) is 0 Å². The van der Waals surface area contributed by atoms with Crippen LogP contribution in [0, 0.1) is 5.41 Å². The van der Waals surface area contributed by atoms with E-state index in [0.29, 0.717) is 19.3 Å². The van der Waals surface area contributed by atoms with Crippen LogP contribution in [0.15, 0.2) is 18.2 Å². The number of aryl methyl sites for hydroxylation is 1. The summed E-state index contributed by atoms with van der Waals surface area (Å²) in [7, 11) is 3.31. The first-order chi connectivity index (χ1) is 11.5. The number of carbonyl (C=O) groups is 2. The number of ether oxygens (including phenoxy) is 2. The van der Waals surface area contributed by atoms with Crippen molar-refractivity contribution in [2.45, 2.75) is 45.4 Å². The highest BCUT2D eigenvalue weighted by Gasteiger charge is 2.44. The van der Waals surface area contributed by atoms with Gasteiger partial charge in [0.1, 0.15) is 23.1 Å². The van der Waals surface area contributed by atoms with Crippen molar-refractivity contribution in [1.82, 2.24) is 0 Å². The van der Waals surface area contributed by atoms with Crippen LogP contribution in [0.25, 0.3) is 5.57 Å². The minimum atomic E-state index is -0.843. The van der Waals surface area contributed by atoms with Gasteiger partial charge >= 0.3 is 0 Å². The van der Waals surface area contributed by atoms with Crippen LogP contribution in [0.2, 0.25) is 0 Å². The van der Waals surface area contributed by atoms with E-state index >= 15 is 0 Å². The third-order valence-electron chi connectivity index (χ3n) is 5.39. The summed E-state index contributed by atoms with van der Waals surface area (Å²) in [5, 5.41) is 0. The maximum Gasteiger partial charge on any atom is 0.146 e. The van der Waals surface area contributed by atoms with Gasteiger partial charge in [0, 0.05) is 24.5 Å². The number of ketones is 2. The second-order valence-corrected chi connectivity index (χ2v) is 6.83. The van der Waals surface area contributed by atoms with Gasteiger partial charge in [-0.3, -0.25) is 9.59 Å². The maximum atomic E-state index is 12.1. The van der Waals surface area contributed by atoms with Crippen LogP contribution >= 0.6 is 0 Å². The number of carbonyl (C=O) groups excluding carboxylic acids is 2. The van der Waals surface area contributed by atoms with E-state index < -0.39 is 5.41 Å². The van der Waals surface area contributed by atoms with E-state index in [2.05, 4.69) is 12.1 Å². The molecule has 4 heteroatoms. The number of benzene rings is 1. The Bertz CT molecular complexity index is 681. The summed E-state index contributed by atoms with van der Waals surface area (Å²) in [5.74, 6) is 1.73. The summed E-state index contributed by atoms with van der Waals surface area (Å²) in [6.07, 6.45) is 6.30. The zero-order valence-corrected chi connectivity index (χ0v) is 14.6. The van der Waals surface area contributed by atoms with Crippen LogP contribution in [0.5, 0.6) is 11.5 Å². The van der Waals surface area contributed by atoms with E-state index in [1.54, 1.807) is 21.1 Å². The summed E-state index contributed by atoms with van der Waals surface area (Å²) in [5.41, 5.74) is 2.64. The Morgan fingerprint density at radius 3 is 2.38 bits per heavy atom. The third kappa shape index (κ3) is 2.74. The summed E-state index contributed by atoms with van der Waals surface area (Å²) in [4.78, 5) is 24.3. The van der Waals surface area contributed by atoms with Crippen LogP contribution in [-0.4, -0.2) is 25.8 Å². The maximum absolute atomic E-state index is 12.1. The molecule has 3 rings (SSSR count). The van der Waals surface area contributed by atoms with Gasteiger partial charge in [-0.2, -0.15) is 0 Å². The van der Waals surface area contributed by atoms with Gasteiger partial charge < -0.3 is 9.47 Å². The zero-order valence-electron chi connectivity index (χ0n) is 14.6. The highest BCUT2D eigenvalue weighted by molar-refractivity contribution is 6.12. The van der Waals surface area contributed by atoms with Crippen molar-refractivity contribution in [3.8, 4) is 11.5 Å². The van der Waals surface area contributed by atoms with Crippen LogP contribution in [-0.2, 0) is 16.0 Å². The highest BCUT2D eigenvalue weighted by Crippen LogP contribution is 2.42. The highest BCUT2D eigenvalue weighted by atomic mass is 16.5. The minimum Gasteiger partial charge on any atom is -0.497 e. The summed E-state index contributed by atoms with van der Waals surface area (Å²) in [6.45, 7) is 1.79. The van der Waals surface area contributed by atoms with Crippen molar-refractivity contribution in [2.24, 2.45) is 5.41 Å². The number of hydrogen-bond acceptors (Lipinski definition) is 4. The Morgan fingerprint density at radius 2 is 1.75 bits per heavy atom. The topological polar surface area (TPSA) is 52.6 Å². The molecule has 0 N–H and O–H groups in total.